The summed E-state index contributed by atoms with van der Waals surface area (Å²) >= 11 is 7.68. The lowest BCUT2D eigenvalue weighted by molar-refractivity contribution is -0.136. The minimum atomic E-state index is -6.11. The topological polar surface area (TPSA) is 189 Å². The van der Waals surface area contributed by atoms with Crippen molar-refractivity contribution in [1.82, 2.24) is 29.6 Å². The number of benzene rings is 5. The molecule has 0 bridgehead atoms. The Labute approximate surface area is 554 Å². The second-order valence-corrected chi connectivity index (χ2v) is 30.7. The average Bonchev–Trinajstić information content (AvgIpc) is 1.72. The zero-order valence-electron chi connectivity index (χ0n) is 52.7. The molecule has 4 heterocycles. The van der Waals surface area contributed by atoms with E-state index in [-0.39, 0.29) is 29.2 Å². The maximum atomic E-state index is 14.5. The van der Waals surface area contributed by atoms with Crippen LogP contribution in [0.1, 0.15) is 135 Å². The number of piperazine rings is 2. The van der Waals surface area contributed by atoms with Crippen LogP contribution in [0.2, 0.25) is 5.02 Å². The number of rotatable bonds is 25. The maximum absolute atomic E-state index is 14.5. The lowest BCUT2D eigenvalue weighted by atomic mass is 9.73. The zero-order valence-corrected chi connectivity index (χ0v) is 56.0. The Hall–Kier alpha value is -6.71. The average molecular weight is 1350 g/mol. The number of anilines is 2. The van der Waals surface area contributed by atoms with E-state index in [2.05, 4.69) is 68.1 Å². The van der Waals surface area contributed by atoms with Crippen molar-refractivity contribution in [2.75, 3.05) is 88.0 Å². The van der Waals surface area contributed by atoms with Crippen molar-refractivity contribution < 1.29 is 49.2 Å². The molecule has 2 atom stereocenters. The SMILES string of the molecule is CC1(C)CCC(c2ccc(Cl)cc2)=C(CN2CCN(c3ccc(C(=O)NS(=O)(=O)c4ccc(N[C@H](CCN5CCN(CCCCCCCCC#Cc6cccc7c6CN(C6CCC(=O)NC6=O)C7=O)CC5)CSc5ccccc5)c(S(=O)(=O)C(F)(F)F)c4)cc3)CC2)C1. The molecule has 1 aliphatic carbocycles. The van der Waals surface area contributed by atoms with Gasteiger partial charge in [0.05, 0.1) is 10.6 Å². The molecule has 3 N–H and O–H groups in total. The highest BCUT2D eigenvalue weighted by atomic mass is 35.5. The van der Waals surface area contributed by atoms with Crippen molar-refractivity contribution in [3.8, 4) is 11.8 Å². The standard InChI is InChI=1S/C70H82ClF3N8O8S3/c1-69(2)34-32-59(51-20-24-54(71)25-21-51)53(46-69)47-80-41-43-81(44-42-80)56-26-22-52(23-27-56)66(84)77-93(89,90)58-28-29-62(64(45-58)92(87,88)70(72,73)74)75-55(49-91-57-17-11-9-12-18-57)33-36-79-39-37-78(38-40-79)35-13-8-6-4-3-5-7-10-15-50-16-14-19-60-61(50)48-82(68(60)86)63-30-31-65(83)76-67(63)85/h9,11-12,14,16-29,45,55,63,75H,3-8,13,30-44,46-49H2,1-2H3,(H,77,84)(H,76,83,85)/t55-,63?/m1/s1. The van der Waals surface area contributed by atoms with Gasteiger partial charge in [-0.1, -0.05) is 105 Å². The van der Waals surface area contributed by atoms with Gasteiger partial charge >= 0.3 is 5.51 Å². The first-order valence-corrected chi connectivity index (χ1v) is 36.5. The summed E-state index contributed by atoms with van der Waals surface area (Å²) in [6.07, 6.45) is 11.2. The molecule has 16 nitrogen and oxygen atoms in total. The van der Waals surface area contributed by atoms with Gasteiger partial charge in [0, 0.05) is 129 Å². The summed E-state index contributed by atoms with van der Waals surface area (Å²) < 4.78 is 99.9. The molecule has 1 unspecified atom stereocenters. The van der Waals surface area contributed by atoms with Crippen LogP contribution in [0.5, 0.6) is 0 Å². The Morgan fingerprint density at radius 2 is 1.45 bits per heavy atom. The largest absolute Gasteiger partial charge is 0.501 e. The van der Waals surface area contributed by atoms with Gasteiger partial charge in [0.1, 0.15) is 10.9 Å². The van der Waals surface area contributed by atoms with E-state index in [1.807, 2.05) is 59.3 Å². The number of thioether (sulfide) groups is 1. The van der Waals surface area contributed by atoms with Crippen LogP contribution in [0.25, 0.3) is 5.57 Å². The minimum Gasteiger partial charge on any atom is -0.380 e. The number of sulfone groups is 1. The third-order valence-electron chi connectivity index (χ3n) is 18.4. The first-order valence-electron chi connectivity index (χ1n) is 32.2. The number of piperidine rings is 1. The summed E-state index contributed by atoms with van der Waals surface area (Å²) in [7, 11) is -11.0. The molecule has 3 saturated heterocycles. The summed E-state index contributed by atoms with van der Waals surface area (Å²) in [5.74, 6) is 4.88. The van der Waals surface area contributed by atoms with E-state index in [1.165, 1.54) is 40.6 Å². The monoisotopic (exact) mass is 1350 g/mol. The first-order chi connectivity index (χ1) is 44.5. The molecule has 4 aliphatic heterocycles. The van der Waals surface area contributed by atoms with Crippen molar-refractivity contribution in [2.24, 2.45) is 5.41 Å². The van der Waals surface area contributed by atoms with Crippen LogP contribution >= 0.6 is 23.4 Å². The van der Waals surface area contributed by atoms with Gasteiger partial charge in [-0.05, 0) is 152 Å². The Morgan fingerprint density at radius 3 is 2.15 bits per heavy atom. The molecule has 5 aromatic carbocycles. The number of nitrogens with one attached hydrogen (secondary N) is 3. The predicted octanol–water partition coefficient (Wildman–Crippen LogP) is 11.7. The Kier molecular flexibility index (Phi) is 22.9. The fourth-order valence-corrected chi connectivity index (χ4v) is 16.2. The second-order valence-electron chi connectivity index (χ2n) is 25.6. The number of amides is 4. The van der Waals surface area contributed by atoms with Gasteiger partial charge in [0.2, 0.25) is 11.8 Å². The summed E-state index contributed by atoms with van der Waals surface area (Å²) in [6.45, 7) is 13.6. The van der Waals surface area contributed by atoms with Gasteiger partial charge in [-0.3, -0.25) is 29.4 Å². The van der Waals surface area contributed by atoms with Gasteiger partial charge in [0.25, 0.3) is 31.7 Å². The fraction of sp³-hybridized carbons (Fsp3) is 0.457. The highest BCUT2D eigenvalue weighted by Crippen LogP contribution is 2.43. The number of fused-ring (bicyclic) bond motifs is 1. The van der Waals surface area contributed by atoms with Gasteiger partial charge in [0.15, 0.2) is 0 Å². The van der Waals surface area contributed by atoms with Crippen molar-refractivity contribution in [2.45, 2.75) is 136 Å². The van der Waals surface area contributed by atoms with Gasteiger partial charge in [-0.15, -0.1) is 11.8 Å². The molecule has 10 rings (SSSR count). The van der Waals surface area contributed by atoms with Crippen LogP contribution < -0.4 is 20.3 Å². The van der Waals surface area contributed by atoms with E-state index < -0.39 is 64.7 Å². The second kappa shape index (κ2) is 30.8. The van der Waals surface area contributed by atoms with Crippen LogP contribution in [0.3, 0.4) is 0 Å². The van der Waals surface area contributed by atoms with Crippen LogP contribution in [-0.2, 0) is 36.0 Å². The summed E-state index contributed by atoms with van der Waals surface area (Å²) in [6, 6.07) is 30.7. The molecular formula is C70H82ClF3N8O8S3. The van der Waals surface area contributed by atoms with E-state index in [4.69, 9.17) is 11.6 Å². The number of nitrogens with zero attached hydrogens (tertiary/aromatic N) is 5. The lowest BCUT2D eigenvalue weighted by Gasteiger charge is -2.39. The number of carbonyl (C=O) groups excluding carboxylic acids is 4. The van der Waals surface area contributed by atoms with Crippen LogP contribution in [0.4, 0.5) is 24.5 Å². The summed E-state index contributed by atoms with van der Waals surface area (Å²) in [4.78, 5) is 60.7. The van der Waals surface area contributed by atoms with E-state index in [0.717, 1.165) is 163 Å². The number of halogens is 4. The lowest BCUT2D eigenvalue weighted by Crippen LogP contribution is -2.52. The molecule has 5 aromatic rings. The molecule has 0 saturated carbocycles. The van der Waals surface area contributed by atoms with Crippen LogP contribution in [0, 0.1) is 17.3 Å². The van der Waals surface area contributed by atoms with Gasteiger partial charge in [-0.25, -0.2) is 21.6 Å². The molecule has 3 fully saturated rings. The number of hydrogen-bond acceptors (Lipinski definition) is 14. The molecule has 0 aromatic heterocycles. The number of hydrogen-bond donors (Lipinski definition) is 3. The third-order valence-corrected chi connectivity index (χ3v) is 22.7. The Morgan fingerprint density at radius 1 is 0.774 bits per heavy atom. The number of allylic oxidation sites excluding steroid dienone is 1. The van der Waals surface area contributed by atoms with E-state index in [1.54, 1.807) is 23.1 Å². The molecule has 5 aliphatic rings. The van der Waals surface area contributed by atoms with Crippen LogP contribution in [0.15, 0.2) is 136 Å². The third kappa shape index (κ3) is 18.0. The summed E-state index contributed by atoms with van der Waals surface area (Å²) in [5, 5.41) is 6.13. The van der Waals surface area contributed by atoms with E-state index in [9.17, 15) is 49.2 Å². The van der Waals surface area contributed by atoms with Crippen LogP contribution in [-0.4, -0.2) is 155 Å². The number of alkyl halides is 3. The first kappa shape index (κ1) is 69.1. The van der Waals surface area contributed by atoms with Crippen molar-refractivity contribution in [3.63, 3.8) is 0 Å². The highest BCUT2D eigenvalue weighted by Gasteiger charge is 2.49. The molecule has 23 heteroatoms. The number of imide groups is 1. The molecule has 4 amide bonds. The molecule has 496 valence electrons. The fourth-order valence-electron chi connectivity index (χ4n) is 13.0. The Bertz CT molecular complexity index is 3830. The van der Waals surface area contributed by atoms with Crippen molar-refractivity contribution in [1.29, 1.82) is 0 Å². The van der Waals surface area contributed by atoms with Gasteiger partial charge < -0.3 is 24.9 Å². The van der Waals surface area contributed by atoms with E-state index in [0.29, 0.717) is 48.3 Å². The quantitative estimate of drug-likeness (QED) is 0.0217. The molecular weight excluding hydrogens is 1270 g/mol. The molecule has 0 spiro atoms. The smallest absolute Gasteiger partial charge is 0.380 e. The normalized spacial score (nSPS) is 18.8. The number of sulfonamides is 1. The summed E-state index contributed by atoms with van der Waals surface area (Å²) in [5.41, 5.74) is 1.05. The van der Waals surface area contributed by atoms with Crippen molar-refractivity contribution >= 4 is 83.8 Å². The highest BCUT2D eigenvalue weighted by molar-refractivity contribution is 7.99. The molecule has 0 radical (unpaired) electrons. The van der Waals surface area contributed by atoms with E-state index >= 15 is 0 Å². The zero-order chi connectivity index (χ0) is 65.9. The molecule has 93 heavy (non-hydrogen) atoms. The Balaban J connectivity index is 0.684. The van der Waals surface area contributed by atoms with Crippen molar-refractivity contribution in [3.05, 3.63) is 154 Å². The maximum Gasteiger partial charge on any atom is 0.501 e. The van der Waals surface area contributed by atoms with Gasteiger partial charge in [-0.2, -0.15) is 13.2 Å². The minimum absolute atomic E-state index is 0.0115. The predicted molar refractivity (Wildman–Crippen MR) is 359 cm³/mol. The number of unbranched alkanes of at least 4 members (excludes halogenated alkanes) is 6. The number of carbonyl (C=O) groups is 4.